The molecule has 0 atom stereocenters. The van der Waals surface area contributed by atoms with Crippen LogP contribution in [0.3, 0.4) is 0 Å². The fourth-order valence-electron chi connectivity index (χ4n) is 4.45. The van der Waals surface area contributed by atoms with Gasteiger partial charge in [0.05, 0.1) is 13.2 Å². The van der Waals surface area contributed by atoms with Crippen LogP contribution in [0.25, 0.3) is 11.4 Å². The molecular formula is C26H32N8O2. The zero-order chi connectivity index (χ0) is 24.6. The number of nitrogens with one attached hydrogen (secondary N) is 2. The Labute approximate surface area is 211 Å². The van der Waals surface area contributed by atoms with E-state index in [9.17, 15) is 4.79 Å². The van der Waals surface area contributed by atoms with E-state index in [1.54, 1.807) is 24.5 Å². The highest BCUT2D eigenvalue weighted by atomic mass is 16.5. The fraction of sp³-hybridized carbons (Fsp3) is 0.423. The lowest BCUT2D eigenvalue weighted by atomic mass is 10.2. The first kappa shape index (κ1) is 24.1. The van der Waals surface area contributed by atoms with Gasteiger partial charge < -0.3 is 25.2 Å². The molecule has 188 valence electrons. The van der Waals surface area contributed by atoms with E-state index in [1.807, 2.05) is 24.3 Å². The molecule has 2 aromatic heterocycles. The van der Waals surface area contributed by atoms with Crippen molar-refractivity contribution in [2.75, 3.05) is 61.5 Å². The minimum Gasteiger partial charge on any atom is -0.378 e. The first-order chi connectivity index (χ1) is 17.7. The molecule has 2 N–H and O–H groups in total. The van der Waals surface area contributed by atoms with Crippen LogP contribution >= 0.6 is 0 Å². The molecule has 2 saturated heterocycles. The average Bonchev–Trinajstić information content (AvgIpc) is 3.44. The number of urea groups is 1. The first-order valence-electron chi connectivity index (χ1n) is 12.6. The van der Waals surface area contributed by atoms with Crippen LogP contribution in [-0.2, 0) is 11.2 Å². The summed E-state index contributed by atoms with van der Waals surface area (Å²) in [5, 5.41) is 5.63. The van der Waals surface area contributed by atoms with Crippen molar-refractivity contribution in [2.45, 2.75) is 25.7 Å². The number of carbonyl (C=O) groups is 1. The standard InChI is InChI=1S/C26H32N8O2/c35-26(29-22-9-11-27-12-10-22)28-21-7-5-20(6-8-21)24-30-23(4-3-15-33-13-1-2-14-33)31-25(32-24)34-16-18-36-19-17-34/h5-12H,1-4,13-19H2,(H2,27,28,29,35). The number of aromatic nitrogens is 4. The minimum absolute atomic E-state index is 0.316. The van der Waals surface area contributed by atoms with Gasteiger partial charge in [-0.15, -0.1) is 0 Å². The third-order valence-corrected chi connectivity index (χ3v) is 6.38. The number of benzene rings is 1. The van der Waals surface area contributed by atoms with Gasteiger partial charge in [-0.05, 0) is 75.3 Å². The lowest BCUT2D eigenvalue weighted by Crippen LogP contribution is -2.37. The van der Waals surface area contributed by atoms with Crippen molar-refractivity contribution in [1.29, 1.82) is 0 Å². The maximum Gasteiger partial charge on any atom is 0.323 e. The maximum atomic E-state index is 12.3. The Morgan fingerprint density at radius 1 is 0.861 bits per heavy atom. The quantitative estimate of drug-likeness (QED) is 0.496. The predicted octanol–water partition coefficient (Wildman–Crippen LogP) is 3.44. The van der Waals surface area contributed by atoms with Gasteiger partial charge in [0, 0.05) is 48.8 Å². The Morgan fingerprint density at radius 3 is 2.28 bits per heavy atom. The lowest BCUT2D eigenvalue weighted by molar-refractivity contribution is 0.122. The molecule has 10 heteroatoms. The van der Waals surface area contributed by atoms with Crippen molar-refractivity contribution in [3.63, 3.8) is 0 Å². The summed E-state index contributed by atoms with van der Waals surface area (Å²) in [4.78, 5) is 35.3. The molecule has 36 heavy (non-hydrogen) atoms. The van der Waals surface area contributed by atoms with E-state index in [0.717, 1.165) is 43.9 Å². The number of pyridine rings is 1. The summed E-state index contributed by atoms with van der Waals surface area (Å²) < 4.78 is 5.51. The van der Waals surface area contributed by atoms with Crippen LogP contribution in [0.5, 0.6) is 0 Å². The Hall–Kier alpha value is -3.63. The smallest absolute Gasteiger partial charge is 0.323 e. The molecule has 0 unspecified atom stereocenters. The van der Waals surface area contributed by atoms with Crippen LogP contribution in [-0.4, -0.2) is 76.8 Å². The molecule has 0 spiro atoms. The molecule has 2 amide bonds. The van der Waals surface area contributed by atoms with Crippen LogP contribution < -0.4 is 15.5 Å². The van der Waals surface area contributed by atoms with E-state index in [0.29, 0.717) is 36.4 Å². The predicted molar refractivity (Wildman–Crippen MR) is 139 cm³/mol. The van der Waals surface area contributed by atoms with Crippen LogP contribution in [0, 0.1) is 0 Å². The summed E-state index contributed by atoms with van der Waals surface area (Å²) in [6, 6.07) is 10.7. The van der Waals surface area contributed by atoms with Gasteiger partial charge in [0.15, 0.2) is 5.82 Å². The number of carbonyl (C=O) groups excluding carboxylic acids is 1. The second-order valence-corrected chi connectivity index (χ2v) is 9.02. The molecule has 2 aliphatic rings. The number of nitrogens with zero attached hydrogens (tertiary/aromatic N) is 6. The summed E-state index contributed by atoms with van der Waals surface area (Å²) in [7, 11) is 0. The van der Waals surface area contributed by atoms with E-state index in [4.69, 9.17) is 19.7 Å². The van der Waals surface area contributed by atoms with Gasteiger partial charge in [-0.1, -0.05) is 0 Å². The molecule has 4 heterocycles. The van der Waals surface area contributed by atoms with Gasteiger partial charge >= 0.3 is 6.03 Å². The lowest BCUT2D eigenvalue weighted by Gasteiger charge is -2.27. The van der Waals surface area contributed by atoms with Crippen molar-refractivity contribution in [3.05, 3.63) is 54.6 Å². The van der Waals surface area contributed by atoms with Crippen molar-refractivity contribution in [3.8, 4) is 11.4 Å². The van der Waals surface area contributed by atoms with Crippen molar-refractivity contribution < 1.29 is 9.53 Å². The van der Waals surface area contributed by atoms with E-state index in [-0.39, 0.29) is 6.03 Å². The number of ether oxygens (including phenoxy) is 1. The average molecular weight is 489 g/mol. The Bertz CT molecular complexity index is 1130. The summed E-state index contributed by atoms with van der Waals surface area (Å²) >= 11 is 0. The molecule has 2 aliphatic heterocycles. The number of rotatable bonds is 8. The molecule has 1 aromatic carbocycles. The summed E-state index contributed by atoms with van der Waals surface area (Å²) in [6.45, 7) is 6.36. The van der Waals surface area contributed by atoms with E-state index < -0.39 is 0 Å². The molecule has 0 aliphatic carbocycles. The van der Waals surface area contributed by atoms with Crippen LogP contribution in [0.15, 0.2) is 48.8 Å². The molecule has 0 bridgehead atoms. The number of hydrogen-bond acceptors (Lipinski definition) is 8. The van der Waals surface area contributed by atoms with Gasteiger partial charge in [0.1, 0.15) is 5.82 Å². The highest BCUT2D eigenvalue weighted by Gasteiger charge is 2.18. The highest BCUT2D eigenvalue weighted by Crippen LogP contribution is 2.22. The van der Waals surface area contributed by atoms with Crippen molar-refractivity contribution in [1.82, 2.24) is 24.8 Å². The molecule has 0 radical (unpaired) electrons. The third-order valence-electron chi connectivity index (χ3n) is 6.38. The Balaban J connectivity index is 1.28. The monoisotopic (exact) mass is 488 g/mol. The Kier molecular flexibility index (Phi) is 7.94. The van der Waals surface area contributed by atoms with Crippen molar-refractivity contribution >= 4 is 23.4 Å². The van der Waals surface area contributed by atoms with E-state index >= 15 is 0 Å². The molecule has 5 rings (SSSR count). The van der Waals surface area contributed by atoms with Crippen LogP contribution in [0.4, 0.5) is 22.1 Å². The minimum atomic E-state index is -0.316. The summed E-state index contributed by atoms with van der Waals surface area (Å²) in [5.41, 5.74) is 2.24. The normalized spacial score (nSPS) is 16.2. The number of aryl methyl sites for hydroxylation is 1. The molecule has 0 saturated carbocycles. The van der Waals surface area contributed by atoms with Crippen LogP contribution in [0.2, 0.25) is 0 Å². The zero-order valence-electron chi connectivity index (χ0n) is 20.4. The van der Waals surface area contributed by atoms with Crippen LogP contribution in [0.1, 0.15) is 25.1 Å². The number of anilines is 3. The van der Waals surface area contributed by atoms with Gasteiger partial charge in [-0.3, -0.25) is 4.98 Å². The number of likely N-dealkylation sites (tertiary alicyclic amines) is 1. The number of morpholine rings is 1. The van der Waals surface area contributed by atoms with E-state index in [1.165, 1.54) is 25.9 Å². The number of amides is 2. The maximum absolute atomic E-state index is 12.3. The summed E-state index contributed by atoms with van der Waals surface area (Å²) in [5.74, 6) is 2.17. The first-order valence-corrected chi connectivity index (χ1v) is 12.6. The van der Waals surface area contributed by atoms with Gasteiger partial charge in [-0.25, -0.2) is 9.78 Å². The highest BCUT2D eigenvalue weighted by molar-refractivity contribution is 5.99. The molecule has 2 fully saturated rings. The van der Waals surface area contributed by atoms with Gasteiger partial charge in [-0.2, -0.15) is 9.97 Å². The molecule has 10 nitrogen and oxygen atoms in total. The van der Waals surface area contributed by atoms with Gasteiger partial charge in [0.2, 0.25) is 5.95 Å². The summed E-state index contributed by atoms with van der Waals surface area (Å²) in [6.07, 6.45) is 7.70. The van der Waals surface area contributed by atoms with E-state index in [2.05, 4.69) is 25.4 Å². The molecular weight excluding hydrogens is 456 g/mol. The zero-order valence-corrected chi connectivity index (χ0v) is 20.4. The number of hydrogen-bond donors (Lipinski definition) is 2. The second kappa shape index (κ2) is 11.9. The topological polar surface area (TPSA) is 108 Å². The molecule has 3 aromatic rings. The third kappa shape index (κ3) is 6.52. The Morgan fingerprint density at radius 2 is 1.56 bits per heavy atom. The second-order valence-electron chi connectivity index (χ2n) is 9.02. The fourth-order valence-corrected chi connectivity index (χ4v) is 4.45. The SMILES string of the molecule is O=C(Nc1ccncc1)Nc1ccc(-c2nc(CCCN3CCCC3)nc(N3CCOCC3)n2)cc1. The largest absolute Gasteiger partial charge is 0.378 e. The van der Waals surface area contributed by atoms with Gasteiger partial charge in [0.25, 0.3) is 0 Å². The van der Waals surface area contributed by atoms with Crippen molar-refractivity contribution in [2.24, 2.45) is 0 Å².